The highest BCUT2D eigenvalue weighted by Gasteiger charge is 2.27. The molecule has 0 aliphatic carbocycles. The number of benzene rings is 2. The highest BCUT2D eigenvalue weighted by atomic mass is 16.5. The topological polar surface area (TPSA) is 109 Å². The predicted molar refractivity (Wildman–Crippen MR) is 118 cm³/mol. The Bertz CT molecular complexity index is 884. The molecule has 0 saturated carbocycles. The molecule has 160 valence electrons. The fraction of sp³-hybridized carbons (Fsp3) is 0.364. The van der Waals surface area contributed by atoms with Gasteiger partial charge in [0.15, 0.2) is 0 Å². The van der Waals surface area contributed by atoms with Crippen LogP contribution in [0.1, 0.15) is 31.1 Å². The highest BCUT2D eigenvalue weighted by Crippen LogP contribution is 2.23. The van der Waals surface area contributed by atoms with Crippen LogP contribution < -0.4 is 16.0 Å². The maximum Gasteiger partial charge on any atom is 0.404 e. The van der Waals surface area contributed by atoms with E-state index in [1.807, 2.05) is 64.0 Å². The van der Waals surface area contributed by atoms with Crippen LogP contribution in [0.3, 0.4) is 0 Å². The van der Waals surface area contributed by atoms with E-state index in [1.165, 1.54) is 0 Å². The van der Waals surface area contributed by atoms with E-state index < -0.39 is 6.09 Å². The molecule has 8 nitrogen and oxygen atoms in total. The van der Waals surface area contributed by atoms with Crippen LogP contribution in [0.5, 0.6) is 0 Å². The fourth-order valence-electron chi connectivity index (χ4n) is 2.53. The zero-order chi connectivity index (χ0) is 22.3. The van der Waals surface area contributed by atoms with Crippen molar-refractivity contribution in [2.45, 2.75) is 26.8 Å². The standard InChI is InChI=1S/C22H29N5O3/c1-22(2,3)19(14-30-21(23)29)24-20(28)15-6-8-16(9-7-15)25-26-17-10-12-18(13-11-17)27(4)5/h6-13,19H,14H2,1-5H3,(H2,23,29)(H,24,28)/b26-25+. The number of carbonyl (C=O) groups excluding carboxylic acids is 2. The van der Waals surface area contributed by atoms with Crippen LogP contribution in [0, 0.1) is 5.41 Å². The quantitative estimate of drug-likeness (QED) is 0.658. The first-order valence-corrected chi connectivity index (χ1v) is 9.58. The Morgan fingerprint density at radius 2 is 1.50 bits per heavy atom. The van der Waals surface area contributed by atoms with Crippen molar-refractivity contribution < 1.29 is 14.3 Å². The molecule has 8 heteroatoms. The van der Waals surface area contributed by atoms with E-state index in [0.717, 1.165) is 11.4 Å². The fourth-order valence-corrected chi connectivity index (χ4v) is 2.53. The molecule has 2 aromatic rings. The number of anilines is 1. The van der Waals surface area contributed by atoms with E-state index in [0.29, 0.717) is 11.3 Å². The van der Waals surface area contributed by atoms with E-state index in [4.69, 9.17) is 10.5 Å². The van der Waals surface area contributed by atoms with Crippen LogP contribution >= 0.6 is 0 Å². The van der Waals surface area contributed by atoms with Gasteiger partial charge in [0.1, 0.15) is 6.61 Å². The van der Waals surface area contributed by atoms with Gasteiger partial charge < -0.3 is 20.7 Å². The summed E-state index contributed by atoms with van der Waals surface area (Å²) in [5.74, 6) is -0.272. The van der Waals surface area contributed by atoms with Gasteiger partial charge >= 0.3 is 6.09 Å². The molecule has 1 unspecified atom stereocenters. The van der Waals surface area contributed by atoms with Crippen LogP contribution in [0.25, 0.3) is 0 Å². The van der Waals surface area contributed by atoms with E-state index >= 15 is 0 Å². The zero-order valence-corrected chi connectivity index (χ0v) is 18.0. The zero-order valence-electron chi connectivity index (χ0n) is 18.0. The van der Waals surface area contributed by atoms with Crippen LogP contribution in [0.15, 0.2) is 58.8 Å². The lowest BCUT2D eigenvalue weighted by atomic mass is 9.87. The third kappa shape index (κ3) is 6.88. The van der Waals surface area contributed by atoms with Gasteiger partial charge in [-0.3, -0.25) is 4.79 Å². The van der Waals surface area contributed by atoms with E-state index in [1.54, 1.807) is 24.3 Å². The Hall–Kier alpha value is -3.42. The first kappa shape index (κ1) is 22.9. The maximum absolute atomic E-state index is 12.6. The number of azo groups is 1. The van der Waals surface area contributed by atoms with Crippen LogP contribution in [0.4, 0.5) is 21.9 Å². The molecule has 3 N–H and O–H groups in total. The number of nitrogens with zero attached hydrogens (tertiary/aromatic N) is 3. The average Bonchev–Trinajstić information content (AvgIpc) is 2.69. The minimum absolute atomic E-state index is 0.00346. The van der Waals surface area contributed by atoms with Gasteiger partial charge in [0.2, 0.25) is 0 Å². The second kappa shape index (κ2) is 9.87. The summed E-state index contributed by atoms with van der Waals surface area (Å²) in [5.41, 5.74) is 7.65. The number of hydrogen-bond donors (Lipinski definition) is 2. The van der Waals surface area contributed by atoms with Crippen LogP contribution in [-0.2, 0) is 4.74 Å². The molecule has 0 saturated heterocycles. The van der Waals surface area contributed by atoms with Gasteiger partial charge in [-0.05, 0) is 53.9 Å². The summed E-state index contributed by atoms with van der Waals surface area (Å²) in [6.07, 6.45) is -0.871. The van der Waals surface area contributed by atoms with Gasteiger partial charge in [0, 0.05) is 25.3 Å². The molecule has 1 atom stereocenters. The van der Waals surface area contributed by atoms with Gasteiger partial charge in [0.05, 0.1) is 17.4 Å². The van der Waals surface area contributed by atoms with Crippen molar-refractivity contribution in [1.82, 2.24) is 5.32 Å². The van der Waals surface area contributed by atoms with Crippen molar-refractivity contribution in [3.63, 3.8) is 0 Å². The molecule has 0 heterocycles. The SMILES string of the molecule is CN(C)c1ccc(/N=N/c2ccc(C(=O)NC(COC(N)=O)C(C)(C)C)cc2)cc1. The number of amides is 2. The van der Waals surface area contributed by atoms with Crippen molar-refractivity contribution >= 4 is 29.1 Å². The smallest absolute Gasteiger partial charge is 0.404 e. The summed E-state index contributed by atoms with van der Waals surface area (Å²) in [7, 11) is 3.95. The molecule has 0 radical (unpaired) electrons. The normalized spacial score (nSPS) is 12.4. The highest BCUT2D eigenvalue weighted by molar-refractivity contribution is 5.94. The lowest BCUT2D eigenvalue weighted by Crippen LogP contribution is -2.47. The summed E-state index contributed by atoms with van der Waals surface area (Å²) in [4.78, 5) is 25.5. The summed E-state index contributed by atoms with van der Waals surface area (Å²) < 4.78 is 4.87. The number of hydrogen-bond acceptors (Lipinski definition) is 6. The molecule has 2 amide bonds. The van der Waals surface area contributed by atoms with Gasteiger partial charge in [-0.2, -0.15) is 10.2 Å². The predicted octanol–water partition coefficient (Wildman–Crippen LogP) is 4.41. The number of ether oxygens (including phenoxy) is 1. The summed E-state index contributed by atoms with van der Waals surface area (Å²) >= 11 is 0. The Morgan fingerprint density at radius 3 is 1.93 bits per heavy atom. The number of primary amides is 1. The van der Waals surface area contributed by atoms with E-state index in [-0.39, 0.29) is 24.0 Å². The summed E-state index contributed by atoms with van der Waals surface area (Å²) in [6, 6.07) is 14.1. The monoisotopic (exact) mass is 411 g/mol. The van der Waals surface area contributed by atoms with Gasteiger partial charge in [-0.25, -0.2) is 4.79 Å². The third-order valence-electron chi connectivity index (χ3n) is 4.52. The minimum Gasteiger partial charge on any atom is -0.448 e. The third-order valence-corrected chi connectivity index (χ3v) is 4.52. The Morgan fingerprint density at radius 1 is 1.00 bits per heavy atom. The lowest BCUT2D eigenvalue weighted by Gasteiger charge is -2.30. The molecule has 2 rings (SSSR count). The molecule has 2 aromatic carbocycles. The molecule has 0 aliphatic heterocycles. The summed E-state index contributed by atoms with van der Waals surface area (Å²) in [5, 5.41) is 11.3. The van der Waals surface area contributed by atoms with Crippen LogP contribution in [0.2, 0.25) is 0 Å². The van der Waals surface area contributed by atoms with E-state index in [2.05, 4.69) is 15.5 Å². The Balaban J connectivity index is 2.03. The molecule has 0 bridgehead atoms. The maximum atomic E-state index is 12.6. The number of rotatable bonds is 7. The van der Waals surface area contributed by atoms with Crippen molar-refractivity contribution in [2.75, 3.05) is 25.6 Å². The Kier molecular flexibility index (Phi) is 7.52. The Labute approximate surface area is 177 Å². The minimum atomic E-state index is -0.871. The van der Waals surface area contributed by atoms with Gasteiger partial charge in [-0.1, -0.05) is 20.8 Å². The first-order valence-electron chi connectivity index (χ1n) is 9.58. The molecule has 0 aromatic heterocycles. The average molecular weight is 412 g/mol. The van der Waals surface area contributed by atoms with Crippen molar-refractivity contribution in [1.29, 1.82) is 0 Å². The van der Waals surface area contributed by atoms with E-state index in [9.17, 15) is 9.59 Å². The van der Waals surface area contributed by atoms with Gasteiger partial charge in [0.25, 0.3) is 5.91 Å². The molecule has 0 spiro atoms. The molecule has 30 heavy (non-hydrogen) atoms. The number of carbonyl (C=O) groups is 2. The largest absolute Gasteiger partial charge is 0.448 e. The molecular weight excluding hydrogens is 382 g/mol. The van der Waals surface area contributed by atoms with Crippen molar-refractivity contribution in [3.05, 3.63) is 54.1 Å². The van der Waals surface area contributed by atoms with Crippen molar-refractivity contribution in [3.8, 4) is 0 Å². The summed E-state index contributed by atoms with van der Waals surface area (Å²) in [6.45, 7) is 5.83. The van der Waals surface area contributed by atoms with Crippen LogP contribution in [-0.4, -0.2) is 38.7 Å². The molecule has 0 fully saturated rings. The second-order valence-electron chi connectivity index (χ2n) is 8.18. The lowest BCUT2D eigenvalue weighted by molar-refractivity contribution is 0.0804. The molecule has 0 aliphatic rings. The number of nitrogens with two attached hydrogens (primary N) is 1. The molecular formula is C22H29N5O3. The van der Waals surface area contributed by atoms with Gasteiger partial charge in [-0.15, -0.1) is 0 Å². The second-order valence-corrected chi connectivity index (χ2v) is 8.18. The first-order chi connectivity index (χ1) is 14.1. The number of nitrogens with one attached hydrogen (secondary N) is 1. The van der Waals surface area contributed by atoms with Crippen molar-refractivity contribution in [2.24, 2.45) is 21.4 Å².